The number of hydrogen-bond donors (Lipinski definition) is 1. The van der Waals surface area contributed by atoms with Crippen LogP contribution in [0.15, 0.2) is 0 Å². The van der Waals surface area contributed by atoms with E-state index < -0.39 is 0 Å². The lowest BCUT2D eigenvalue weighted by Crippen LogP contribution is -2.46. The quantitative estimate of drug-likeness (QED) is 0.802. The molecule has 0 amide bonds. The second-order valence-corrected chi connectivity index (χ2v) is 7.03. The van der Waals surface area contributed by atoms with E-state index in [1.165, 1.54) is 25.7 Å². The largest absolute Gasteiger partial charge is 0.381 e. The molecule has 16 heavy (non-hydrogen) atoms. The Hall–Kier alpha value is 0.270. The van der Waals surface area contributed by atoms with E-state index in [1.807, 2.05) is 11.8 Å². The van der Waals surface area contributed by atoms with Crippen molar-refractivity contribution in [3.05, 3.63) is 0 Å². The van der Waals surface area contributed by atoms with Gasteiger partial charge < -0.3 is 10.1 Å². The minimum atomic E-state index is 0.428. The molecule has 0 aromatic heterocycles. The van der Waals surface area contributed by atoms with Crippen molar-refractivity contribution >= 4 is 11.8 Å². The highest BCUT2D eigenvalue weighted by atomic mass is 32.2. The van der Waals surface area contributed by atoms with Gasteiger partial charge in [-0.05, 0) is 44.3 Å². The highest BCUT2D eigenvalue weighted by Gasteiger charge is 2.43. The summed E-state index contributed by atoms with van der Waals surface area (Å²) >= 11 is 2.02. The van der Waals surface area contributed by atoms with E-state index in [1.54, 1.807) is 0 Å². The second-order valence-electron chi connectivity index (χ2n) is 5.76. The molecule has 2 rings (SSSR count). The van der Waals surface area contributed by atoms with Crippen molar-refractivity contribution in [1.29, 1.82) is 0 Å². The molecule has 2 nitrogen and oxygen atoms in total. The fourth-order valence-corrected chi connectivity index (χ4v) is 3.21. The van der Waals surface area contributed by atoms with Crippen LogP contribution in [0.4, 0.5) is 0 Å². The molecule has 1 N–H and O–H groups in total. The minimum absolute atomic E-state index is 0.428. The molecule has 1 aliphatic carbocycles. The lowest BCUT2D eigenvalue weighted by Gasteiger charge is -2.37. The van der Waals surface area contributed by atoms with E-state index in [0.29, 0.717) is 16.2 Å². The van der Waals surface area contributed by atoms with Gasteiger partial charge in [0.05, 0.1) is 0 Å². The molecule has 2 fully saturated rings. The van der Waals surface area contributed by atoms with E-state index in [0.717, 1.165) is 19.8 Å². The maximum absolute atomic E-state index is 5.47. The summed E-state index contributed by atoms with van der Waals surface area (Å²) in [6.07, 6.45) is 7.44. The number of ether oxygens (including phenoxy) is 1. The first-order valence-electron chi connectivity index (χ1n) is 6.47. The Kier molecular flexibility index (Phi) is 3.87. The monoisotopic (exact) mass is 243 g/mol. The number of thioether (sulfide) groups is 1. The predicted octanol–water partition coefficient (Wildman–Crippen LogP) is 2.68. The SMILES string of the molecule is CSC1(CNC(C)C2(C)CC2)CCOCC1. The fourth-order valence-electron chi connectivity index (χ4n) is 2.41. The first kappa shape index (κ1) is 12.7. The molecule has 1 atom stereocenters. The molecular weight excluding hydrogens is 218 g/mol. The van der Waals surface area contributed by atoms with E-state index in [4.69, 9.17) is 4.74 Å². The third kappa shape index (κ3) is 2.74. The Morgan fingerprint density at radius 1 is 1.25 bits per heavy atom. The molecule has 0 bridgehead atoms. The van der Waals surface area contributed by atoms with Crippen LogP contribution in [0.5, 0.6) is 0 Å². The molecule has 1 saturated heterocycles. The third-order valence-electron chi connectivity index (χ3n) is 4.65. The molecule has 94 valence electrons. The van der Waals surface area contributed by atoms with Gasteiger partial charge in [-0.25, -0.2) is 0 Å². The van der Waals surface area contributed by atoms with Gasteiger partial charge in [0.2, 0.25) is 0 Å². The average molecular weight is 243 g/mol. The fraction of sp³-hybridized carbons (Fsp3) is 1.00. The summed E-state index contributed by atoms with van der Waals surface area (Å²) < 4.78 is 5.90. The molecule has 0 spiro atoms. The molecule has 1 aliphatic heterocycles. The highest BCUT2D eigenvalue weighted by Crippen LogP contribution is 2.48. The summed E-state index contributed by atoms with van der Waals surface area (Å²) in [5, 5.41) is 3.77. The number of nitrogens with one attached hydrogen (secondary N) is 1. The van der Waals surface area contributed by atoms with Gasteiger partial charge in [-0.15, -0.1) is 0 Å². The number of hydrogen-bond acceptors (Lipinski definition) is 3. The Labute approximate surface area is 104 Å². The van der Waals surface area contributed by atoms with Crippen molar-refractivity contribution in [3.63, 3.8) is 0 Å². The molecule has 0 aromatic carbocycles. The number of rotatable bonds is 5. The Bertz CT molecular complexity index is 234. The van der Waals surface area contributed by atoms with Crippen LogP contribution < -0.4 is 5.32 Å². The molecule has 1 saturated carbocycles. The summed E-state index contributed by atoms with van der Waals surface area (Å²) in [4.78, 5) is 0. The predicted molar refractivity (Wildman–Crippen MR) is 71.1 cm³/mol. The molecule has 0 aromatic rings. The average Bonchev–Trinajstić information content (AvgIpc) is 3.07. The maximum atomic E-state index is 5.47. The van der Waals surface area contributed by atoms with Crippen LogP contribution >= 0.6 is 11.8 Å². The van der Waals surface area contributed by atoms with Crippen molar-refractivity contribution in [2.75, 3.05) is 26.0 Å². The summed E-state index contributed by atoms with van der Waals surface area (Å²) in [6, 6.07) is 0.666. The van der Waals surface area contributed by atoms with Gasteiger partial charge in [-0.2, -0.15) is 11.8 Å². The van der Waals surface area contributed by atoms with Gasteiger partial charge >= 0.3 is 0 Å². The Morgan fingerprint density at radius 2 is 1.88 bits per heavy atom. The van der Waals surface area contributed by atoms with Gasteiger partial charge in [0.25, 0.3) is 0 Å². The van der Waals surface area contributed by atoms with Crippen molar-refractivity contribution < 1.29 is 4.74 Å². The van der Waals surface area contributed by atoms with Crippen LogP contribution in [0.25, 0.3) is 0 Å². The van der Waals surface area contributed by atoms with Crippen LogP contribution in [-0.4, -0.2) is 36.8 Å². The normalized spacial score (nSPS) is 28.7. The summed E-state index contributed by atoms with van der Waals surface area (Å²) in [6.45, 7) is 7.78. The minimum Gasteiger partial charge on any atom is -0.381 e. The van der Waals surface area contributed by atoms with Crippen LogP contribution in [0, 0.1) is 5.41 Å². The summed E-state index contributed by atoms with van der Waals surface area (Å²) in [5.74, 6) is 0. The molecule has 3 heteroatoms. The van der Waals surface area contributed by atoms with Crippen LogP contribution in [-0.2, 0) is 4.74 Å². The standard InChI is InChI=1S/C13H25NOS/c1-11(12(2)4-5-12)14-10-13(16-3)6-8-15-9-7-13/h11,14H,4-10H2,1-3H3. The van der Waals surface area contributed by atoms with Crippen LogP contribution in [0.1, 0.15) is 39.5 Å². The zero-order valence-electron chi connectivity index (χ0n) is 10.8. The van der Waals surface area contributed by atoms with Crippen molar-refractivity contribution in [2.45, 2.75) is 50.3 Å². The van der Waals surface area contributed by atoms with E-state index in [9.17, 15) is 0 Å². The zero-order chi connectivity index (χ0) is 11.6. The molecule has 1 unspecified atom stereocenters. The third-order valence-corrected chi connectivity index (χ3v) is 6.07. The van der Waals surface area contributed by atoms with Crippen molar-refractivity contribution in [3.8, 4) is 0 Å². The topological polar surface area (TPSA) is 21.3 Å². The van der Waals surface area contributed by atoms with E-state index in [-0.39, 0.29) is 0 Å². The van der Waals surface area contributed by atoms with Crippen LogP contribution in [0.3, 0.4) is 0 Å². The second kappa shape index (κ2) is 4.87. The van der Waals surface area contributed by atoms with Crippen molar-refractivity contribution in [2.24, 2.45) is 5.41 Å². The highest BCUT2D eigenvalue weighted by molar-refractivity contribution is 8.00. The first-order valence-corrected chi connectivity index (χ1v) is 7.69. The summed E-state index contributed by atoms with van der Waals surface area (Å²) in [7, 11) is 0. The van der Waals surface area contributed by atoms with E-state index >= 15 is 0 Å². The van der Waals surface area contributed by atoms with E-state index in [2.05, 4.69) is 25.4 Å². The molecular formula is C13H25NOS. The van der Waals surface area contributed by atoms with Crippen molar-refractivity contribution in [1.82, 2.24) is 5.32 Å². The van der Waals surface area contributed by atoms with Gasteiger partial charge in [-0.1, -0.05) is 6.92 Å². The summed E-state index contributed by atoms with van der Waals surface area (Å²) in [5.41, 5.74) is 0.588. The van der Waals surface area contributed by atoms with Gasteiger partial charge in [-0.3, -0.25) is 0 Å². The molecule has 0 radical (unpaired) electrons. The Morgan fingerprint density at radius 3 is 2.38 bits per heavy atom. The maximum Gasteiger partial charge on any atom is 0.0479 e. The lowest BCUT2D eigenvalue weighted by molar-refractivity contribution is 0.0760. The molecule has 2 aliphatic rings. The Balaban J connectivity index is 1.82. The van der Waals surface area contributed by atoms with Gasteiger partial charge in [0.1, 0.15) is 0 Å². The van der Waals surface area contributed by atoms with Gasteiger partial charge in [0, 0.05) is 30.5 Å². The lowest BCUT2D eigenvalue weighted by atomic mass is 9.96. The molecule has 1 heterocycles. The van der Waals surface area contributed by atoms with Crippen LogP contribution in [0.2, 0.25) is 0 Å². The first-order chi connectivity index (χ1) is 7.60. The zero-order valence-corrected chi connectivity index (χ0v) is 11.7. The smallest absolute Gasteiger partial charge is 0.0479 e. The van der Waals surface area contributed by atoms with Gasteiger partial charge in [0.15, 0.2) is 0 Å².